The standard InChI is InChI=1S/C20H18F3N3O2S2/c1-12-6-7-15(27)13(10-12)24-18(28)5-3-9-30-19-25-14(16-4-2-8-29-16)11-17(26-19)20(21,22)23/h2,4,6-8,10-11,27H,3,5,9H2,1H3,(H,24,28). The number of halogens is 3. The van der Waals surface area contributed by atoms with Crippen LogP contribution in [0, 0.1) is 6.92 Å². The van der Waals surface area contributed by atoms with Gasteiger partial charge in [-0.1, -0.05) is 23.9 Å². The molecule has 10 heteroatoms. The van der Waals surface area contributed by atoms with Gasteiger partial charge in [0.2, 0.25) is 5.91 Å². The van der Waals surface area contributed by atoms with Crippen molar-refractivity contribution >= 4 is 34.7 Å². The van der Waals surface area contributed by atoms with Crippen molar-refractivity contribution < 1.29 is 23.1 Å². The minimum atomic E-state index is -4.57. The number of hydrogen-bond acceptors (Lipinski definition) is 6. The summed E-state index contributed by atoms with van der Waals surface area (Å²) >= 11 is 2.37. The molecule has 0 bridgehead atoms. The molecular formula is C20H18F3N3O2S2. The van der Waals surface area contributed by atoms with Crippen LogP contribution in [0.25, 0.3) is 10.6 Å². The number of carbonyl (C=O) groups is 1. The molecule has 1 amide bonds. The number of rotatable bonds is 7. The maximum Gasteiger partial charge on any atom is 0.433 e. The molecule has 0 radical (unpaired) electrons. The van der Waals surface area contributed by atoms with E-state index in [0.717, 1.165) is 23.4 Å². The highest BCUT2D eigenvalue weighted by Crippen LogP contribution is 2.33. The number of carbonyl (C=O) groups excluding carboxylic acids is 1. The van der Waals surface area contributed by atoms with Crippen LogP contribution in [0.2, 0.25) is 0 Å². The molecule has 2 heterocycles. The summed E-state index contributed by atoms with van der Waals surface area (Å²) in [6.45, 7) is 1.84. The van der Waals surface area contributed by atoms with Crippen LogP contribution in [-0.2, 0) is 11.0 Å². The van der Waals surface area contributed by atoms with Crippen molar-refractivity contribution in [2.24, 2.45) is 0 Å². The van der Waals surface area contributed by atoms with Gasteiger partial charge in [-0.3, -0.25) is 4.79 Å². The summed E-state index contributed by atoms with van der Waals surface area (Å²) in [6, 6.07) is 9.26. The number of aromatic nitrogens is 2. The number of alkyl halides is 3. The van der Waals surface area contributed by atoms with E-state index in [4.69, 9.17) is 0 Å². The van der Waals surface area contributed by atoms with Gasteiger partial charge >= 0.3 is 6.18 Å². The number of anilines is 1. The van der Waals surface area contributed by atoms with Gasteiger partial charge in [-0.05, 0) is 48.6 Å². The minimum Gasteiger partial charge on any atom is -0.506 e. The van der Waals surface area contributed by atoms with E-state index in [9.17, 15) is 23.1 Å². The van der Waals surface area contributed by atoms with Gasteiger partial charge in [0.05, 0.1) is 16.3 Å². The number of phenolic OH excluding ortho intramolecular Hbond substituents is 1. The van der Waals surface area contributed by atoms with Crippen LogP contribution in [-0.4, -0.2) is 26.7 Å². The monoisotopic (exact) mass is 453 g/mol. The van der Waals surface area contributed by atoms with E-state index in [0.29, 0.717) is 22.7 Å². The second kappa shape index (κ2) is 9.48. The molecule has 0 saturated heterocycles. The number of nitrogens with one attached hydrogen (secondary N) is 1. The molecule has 0 aliphatic carbocycles. The number of aryl methyl sites for hydroxylation is 1. The fraction of sp³-hybridized carbons (Fsp3) is 0.250. The van der Waals surface area contributed by atoms with Gasteiger partial charge in [0.1, 0.15) is 11.4 Å². The number of amides is 1. The van der Waals surface area contributed by atoms with Crippen LogP contribution in [0.15, 0.2) is 46.9 Å². The molecule has 0 saturated carbocycles. The molecular weight excluding hydrogens is 435 g/mol. The predicted octanol–water partition coefficient (Wildman–Crippen LogP) is 5.75. The van der Waals surface area contributed by atoms with E-state index in [1.54, 1.807) is 29.6 Å². The fourth-order valence-electron chi connectivity index (χ4n) is 2.54. The first-order valence-corrected chi connectivity index (χ1v) is 10.8. The summed E-state index contributed by atoms with van der Waals surface area (Å²) in [5, 5.41) is 14.2. The Bertz CT molecular complexity index is 1020. The number of benzene rings is 1. The zero-order valence-electron chi connectivity index (χ0n) is 15.9. The number of thioether (sulfide) groups is 1. The molecule has 30 heavy (non-hydrogen) atoms. The topological polar surface area (TPSA) is 75.1 Å². The van der Waals surface area contributed by atoms with Crippen molar-refractivity contribution in [3.05, 3.63) is 53.0 Å². The highest BCUT2D eigenvalue weighted by atomic mass is 32.2. The van der Waals surface area contributed by atoms with Crippen LogP contribution in [0.3, 0.4) is 0 Å². The number of phenols is 1. The molecule has 158 valence electrons. The van der Waals surface area contributed by atoms with Crippen molar-refractivity contribution in [2.75, 3.05) is 11.1 Å². The smallest absolute Gasteiger partial charge is 0.433 e. The average molecular weight is 454 g/mol. The summed E-state index contributed by atoms with van der Waals surface area (Å²) in [5.41, 5.74) is 0.454. The maximum atomic E-state index is 13.2. The summed E-state index contributed by atoms with van der Waals surface area (Å²) < 4.78 is 39.5. The zero-order valence-corrected chi connectivity index (χ0v) is 17.5. The van der Waals surface area contributed by atoms with Gasteiger partial charge in [0, 0.05) is 12.2 Å². The van der Waals surface area contributed by atoms with Gasteiger partial charge in [0.25, 0.3) is 0 Å². The summed E-state index contributed by atoms with van der Waals surface area (Å²) in [7, 11) is 0. The van der Waals surface area contributed by atoms with E-state index in [1.165, 1.54) is 17.4 Å². The summed E-state index contributed by atoms with van der Waals surface area (Å²) in [4.78, 5) is 20.5. The first-order chi connectivity index (χ1) is 14.2. The highest BCUT2D eigenvalue weighted by Gasteiger charge is 2.34. The Morgan fingerprint density at radius 2 is 2.03 bits per heavy atom. The molecule has 2 aromatic heterocycles. The average Bonchev–Trinajstić information content (AvgIpc) is 3.22. The quantitative estimate of drug-likeness (QED) is 0.206. The second-order valence-electron chi connectivity index (χ2n) is 6.42. The maximum absolute atomic E-state index is 13.2. The van der Waals surface area contributed by atoms with Gasteiger partial charge < -0.3 is 10.4 Å². The largest absolute Gasteiger partial charge is 0.506 e. The van der Waals surface area contributed by atoms with E-state index in [2.05, 4.69) is 15.3 Å². The van der Waals surface area contributed by atoms with E-state index < -0.39 is 11.9 Å². The van der Waals surface area contributed by atoms with Crippen molar-refractivity contribution in [3.63, 3.8) is 0 Å². The Labute approximate surface area is 179 Å². The normalized spacial score (nSPS) is 11.5. The number of hydrogen-bond donors (Lipinski definition) is 2. The van der Waals surface area contributed by atoms with Gasteiger partial charge in [-0.15, -0.1) is 11.3 Å². The zero-order chi connectivity index (χ0) is 21.7. The third kappa shape index (κ3) is 5.96. The number of nitrogens with zero attached hydrogens (tertiary/aromatic N) is 2. The molecule has 5 nitrogen and oxygen atoms in total. The van der Waals surface area contributed by atoms with Crippen LogP contribution >= 0.6 is 23.1 Å². The summed E-state index contributed by atoms with van der Waals surface area (Å²) in [5.74, 6) is 0.0563. The molecule has 0 aliphatic rings. The molecule has 0 spiro atoms. The fourth-order valence-corrected chi connectivity index (χ4v) is 4.03. The molecule has 0 atom stereocenters. The Morgan fingerprint density at radius 3 is 2.73 bits per heavy atom. The molecule has 3 aromatic rings. The number of thiophene rings is 1. The first kappa shape index (κ1) is 22.1. The van der Waals surface area contributed by atoms with Crippen LogP contribution < -0.4 is 5.32 Å². The Hall–Kier alpha value is -2.59. The minimum absolute atomic E-state index is 0.0185. The van der Waals surface area contributed by atoms with Gasteiger partial charge in [0.15, 0.2) is 5.16 Å². The lowest BCUT2D eigenvalue weighted by Gasteiger charge is -2.10. The van der Waals surface area contributed by atoms with E-state index in [-0.39, 0.29) is 28.9 Å². The van der Waals surface area contributed by atoms with Crippen LogP contribution in [0.5, 0.6) is 5.75 Å². The van der Waals surface area contributed by atoms with Crippen molar-refractivity contribution in [1.82, 2.24) is 9.97 Å². The van der Waals surface area contributed by atoms with E-state index in [1.807, 2.05) is 6.92 Å². The number of aromatic hydroxyl groups is 1. The lowest BCUT2D eigenvalue weighted by atomic mass is 10.2. The van der Waals surface area contributed by atoms with E-state index >= 15 is 0 Å². The third-order valence-electron chi connectivity index (χ3n) is 3.98. The van der Waals surface area contributed by atoms with Gasteiger partial charge in [-0.25, -0.2) is 9.97 Å². The first-order valence-electron chi connectivity index (χ1n) is 8.95. The molecule has 0 fully saturated rings. The second-order valence-corrected chi connectivity index (χ2v) is 8.43. The Balaban J connectivity index is 1.59. The van der Waals surface area contributed by atoms with Crippen LogP contribution in [0.1, 0.15) is 24.1 Å². The summed E-state index contributed by atoms with van der Waals surface area (Å²) in [6.07, 6.45) is -4.01. The predicted molar refractivity (Wildman–Crippen MR) is 112 cm³/mol. The molecule has 1 aromatic carbocycles. The molecule has 0 unspecified atom stereocenters. The van der Waals surface area contributed by atoms with Crippen molar-refractivity contribution in [3.8, 4) is 16.3 Å². The van der Waals surface area contributed by atoms with Crippen molar-refractivity contribution in [1.29, 1.82) is 0 Å². The Kier molecular flexibility index (Phi) is 6.99. The van der Waals surface area contributed by atoms with Crippen LogP contribution in [0.4, 0.5) is 18.9 Å². The Morgan fingerprint density at radius 1 is 1.23 bits per heavy atom. The molecule has 2 N–H and O–H groups in total. The molecule has 3 rings (SSSR count). The SMILES string of the molecule is Cc1ccc(O)c(NC(=O)CCCSc2nc(-c3cccs3)cc(C(F)(F)F)n2)c1. The van der Waals surface area contributed by atoms with Gasteiger partial charge in [-0.2, -0.15) is 13.2 Å². The van der Waals surface area contributed by atoms with Crippen molar-refractivity contribution in [2.45, 2.75) is 31.1 Å². The molecule has 0 aliphatic heterocycles. The highest BCUT2D eigenvalue weighted by molar-refractivity contribution is 7.99. The lowest BCUT2D eigenvalue weighted by Crippen LogP contribution is -2.12. The third-order valence-corrected chi connectivity index (χ3v) is 5.80. The lowest BCUT2D eigenvalue weighted by molar-refractivity contribution is -0.141.